The van der Waals surface area contributed by atoms with E-state index >= 15 is 0 Å². The summed E-state index contributed by atoms with van der Waals surface area (Å²) in [4.78, 5) is 15.1. The van der Waals surface area contributed by atoms with Gasteiger partial charge in [-0.15, -0.1) is 24.8 Å². The van der Waals surface area contributed by atoms with E-state index in [9.17, 15) is 9.90 Å². The lowest BCUT2D eigenvalue weighted by Crippen LogP contribution is -2.45. The van der Waals surface area contributed by atoms with Gasteiger partial charge in [0.2, 0.25) is 0 Å². The average Bonchev–Trinajstić information content (AvgIpc) is 3.06. The van der Waals surface area contributed by atoms with E-state index in [2.05, 4.69) is 4.90 Å². The van der Waals surface area contributed by atoms with Gasteiger partial charge in [-0.25, -0.2) is 4.79 Å². The third-order valence-electron chi connectivity index (χ3n) is 6.12. The molecule has 0 saturated carbocycles. The molecule has 1 fully saturated rings. The summed E-state index contributed by atoms with van der Waals surface area (Å²) in [6, 6.07) is 15.3. The van der Waals surface area contributed by atoms with Crippen molar-refractivity contribution < 1.29 is 14.6 Å². The standard InChI is InChI=1S/C23H28N2O3.2ClH/c24-23(11-8-19-5-1-2-7-21(19)23)22(27)28-16-17-9-12-25(13-10-17)15-18-4-3-6-20(26)14-18;;/h1-7,14,17,26H,8-13,15-16,24H2;2*1H. The Morgan fingerprint density at radius 3 is 2.60 bits per heavy atom. The van der Waals surface area contributed by atoms with Gasteiger partial charge in [-0.3, -0.25) is 4.90 Å². The summed E-state index contributed by atoms with van der Waals surface area (Å²) < 4.78 is 5.68. The fourth-order valence-electron chi connectivity index (χ4n) is 4.40. The molecule has 5 nitrogen and oxygen atoms in total. The molecule has 2 aromatic rings. The number of ether oxygens (including phenoxy) is 1. The van der Waals surface area contributed by atoms with Gasteiger partial charge in [-0.1, -0.05) is 36.4 Å². The van der Waals surface area contributed by atoms with E-state index in [1.807, 2.05) is 42.5 Å². The predicted octanol–water partition coefficient (Wildman–Crippen LogP) is 3.79. The van der Waals surface area contributed by atoms with Crippen LogP contribution in [0.15, 0.2) is 48.5 Å². The second kappa shape index (κ2) is 10.5. The van der Waals surface area contributed by atoms with E-state index < -0.39 is 5.54 Å². The summed E-state index contributed by atoms with van der Waals surface area (Å²) in [5, 5.41) is 9.60. The maximum Gasteiger partial charge on any atom is 0.330 e. The van der Waals surface area contributed by atoms with Crippen molar-refractivity contribution in [3.05, 3.63) is 65.2 Å². The Hall–Kier alpha value is -1.79. The minimum absolute atomic E-state index is 0. The first-order valence-corrected chi connectivity index (χ1v) is 10.1. The summed E-state index contributed by atoms with van der Waals surface area (Å²) >= 11 is 0. The molecule has 0 amide bonds. The number of esters is 1. The molecule has 7 heteroatoms. The minimum atomic E-state index is -0.993. The van der Waals surface area contributed by atoms with Crippen molar-refractivity contribution in [2.45, 2.75) is 37.8 Å². The highest BCUT2D eigenvalue weighted by molar-refractivity contribution is 5.85. The van der Waals surface area contributed by atoms with Gasteiger partial charge in [0, 0.05) is 6.54 Å². The van der Waals surface area contributed by atoms with Crippen molar-refractivity contribution in [2.75, 3.05) is 19.7 Å². The van der Waals surface area contributed by atoms with Gasteiger partial charge in [0.1, 0.15) is 11.3 Å². The molecular weight excluding hydrogens is 423 g/mol. The van der Waals surface area contributed by atoms with E-state index in [0.29, 0.717) is 24.7 Å². The van der Waals surface area contributed by atoms with E-state index in [1.165, 1.54) is 0 Å². The number of carbonyl (C=O) groups is 1. The molecule has 4 rings (SSSR count). The van der Waals surface area contributed by atoms with Gasteiger partial charge >= 0.3 is 5.97 Å². The van der Waals surface area contributed by atoms with Crippen molar-refractivity contribution in [2.24, 2.45) is 11.7 Å². The number of aryl methyl sites for hydroxylation is 1. The third-order valence-corrected chi connectivity index (χ3v) is 6.12. The number of carbonyl (C=O) groups excluding carboxylic acids is 1. The number of likely N-dealkylation sites (tertiary alicyclic amines) is 1. The molecule has 0 aromatic heterocycles. The SMILES string of the molecule is Cl.Cl.NC1(C(=O)OCC2CCN(Cc3cccc(O)c3)CC2)CCc2ccccc21. The van der Waals surface area contributed by atoms with Crippen LogP contribution in [0.4, 0.5) is 0 Å². The molecule has 1 aliphatic carbocycles. The molecule has 0 spiro atoms. The zero-order chi connectivity index (χ0) is 19.6. The zero-order valence-electron chi connectivity index (χ0n) is 17.0. The maximum atomic E-state index is 12.7. The van der Waals surface area contributed by atoms with Crippen LogP contribution in [0.5, 0.6) is 5.75 Å². The van der Waals surface area contributed by atoms with Crippen LogP contribution in [0.3, 0.4) is 0 Å². The van der Waals surface area contributed by atoms with Crippen LogP contribution in [-0.4, -0.2) is 35.7 Å². The minimum Gasteiger partial charge on any atom is -0.508 e. The fourth-order valence-corrected chi connectivity index (χ4v) is 4.40. The lowest BCUT2D eigenvalue weighted by atomic mass is 9.93. The van der Waals surface area contributed by atoms with Crippen molar-refractivity contribution in [1.82, 2.24) is 4.90 Å². The smallest absolute Gasteiger partial charge is 0.330 e. The van der Waals surface area contributed by atoms with Crippen LogP contribution in [0, 0.1) is 5.92 Å². The number of benzene rings is 2. The van der Waals surface area contributed by atoms with Crippen molar-refractivity contribution in [3.63, 3.8) is 0 Å². The Bertz CT molecular complexity index is 856. The first-order valence-electron chi connectivity index (χ1n) is 10.1. The largest absolute Gasteiger partial charge is 0.508 e. The first kappa shape index (κ1) is 24.5. The highest BCUT2D eigenvalue weighted by atomic mass is 35.5. The van der Waals surface area contributed by atoms with Gasteiger partial charge in [0.05, 0.1) is 6.61 Å². The quantitative estimate of drug-likeness (QED) is 0.674. The average molecular weight is 453 g/mol. The Balaban J connectivity index is 0.00000160. The second-order valence-corrected chi connectivity index (χ2v) is 8.12. The van der Waals surface area contributed by atoms with Crippen LogP contribution in [0.2, 0.25) is 0 Å². The molecule has 1 unspecified atom stereocenters. The Kier molecular flexibility index (Phi) is 8.56. The number of phenols is 1. The third kappa shape index (κ3) is 5.27. The van der Waals surface area contributed by atoms with Gasteiger partial charge < -0.3 is 15.6 Å². The van der Waals surface area contributed by atoms with Gasteiger partial charge in [-0.05, 0) is 73.5 Å². The molecule has 0 bridgehead atoms. The highest BCUT2D eigenvalue weighted by Crippen LogP contribution is 2.36. The van der Waals surface area contributed by atoms with E-state index in [4.69, 9.17) is 10.5 Å². The topological polar surface area (TPSA) is 75.8 Å². The molecule has 2 aliphatic rings. The number of nitrogens with two attached hydrogens (primary N) is 1. The fraction of sp³-hybridized carbons (Fsp3) is 0.435. The Morgan fingerprint density at radius 1 is 1.13 bits per heavy atom. The summed E-state index contributed by atoms with van der Waals surface area (Å²) in [7, 11) is 0. The van der Waals surface area contributed by atoms with E-state index in [-0.39, 0.29) is 30.8 Å². The molecule has 1 atom stereocenters. The molecular formula is C23H30Cl2N2O3. The van der Waals surface area contributed by atoms with Gasteiger partial charge in [0.15, 0.2) is 0 Å². The molecule has 2 aromatic carbocycles. The number of piperidine rings is 1. The maximum absolute atomic E-state index is 12.7. The number of hydrogen-bond acceptors (Lipinski definition) is 5. The molecule has 30 heavy (non-hydrogen) atoms. The monoisotopic (exact) mass is 452 g/mol. The number of nitrogens with zero attached hydrogens (tertiary/aromatic N) is 1. The summed E-state index contributed by atoms with van der Waals surface area (Å²) in [5.74, 6) is 0.396. The zero-order valence-corrected chi connectivity index (χ0v) is 18.6. The molecule has 3 N–H and O–H groups in total. The lowest BCUT2D eigenvalue weighted by molar-refractivity contribution is -0.152. The van der Waals surface area contributed by atoms with Crippen molar-refractivity contribution in [3.8, 4) is 5.75 Å². The molecule has 164 valence electrons. The Labute approximate surface area is 190 Å². The number of rotatable bonds is 5. The highest BCUT2D eigenvalue weighted by Gasteiger charge is 2.43. The number of fused-ring (bicyclic) bond motifs is 1. The van der Waals surface area contributed by atoms with E-state index in [0.717, 1.165) is 55.6 Å². The van der Waals surface area contributed by atoms with E-state index in [1.54, 1.807) is 6.07 Å². The predicted molar refractivity (Wildman–Crippen MR) is 122 cm³/mol. The van der Waals surface area contributed by atoms with Crippen molar-refractivity contribution >= 4 is 30.8 Å². The second-order valence-electron chi connectivity index (χ2n) is 8.12. The lowest BCUT2D eigenvalue weighted by Gasteiger charge is -2.32. The summed E-state index contributed by atoms with van der Waals surface area (Å²) in [6.07, 6.45) is 3.45. The molecule has 1 saturated heterocycles. The van der Waals surface area contributed by atoms with Crippen LogP contribution >= 0.6 is 24.8 Å². The normalized spacial score (nSPS) is 21.2. The van der Waals surface area contributed by atoms with Crippen LogP contribution in [-0.2, 0) is 28.0 Å². The van der Waals surface area contributed by atoms with Crippen LogP contribution in [0.25, 0.3) is 0 Å². The van der Waals surface area contributed by atoms with Crippen LogP contribution < -0.4 is 5.73 Å². The Morgan fingerprint density at radius 2 is 1.87 bits per heavy atom. The number of aromatic hydroxyl groups is 1. The summed E-state index contributed by atoms with van der Waals surface area (Å²) in [6.45, 7) is 3.21. The molecule has 1 aliphatic heterocycles. The number of hydrogen-bond donors (Lipinski definition) is 2. The number of halogens is 2. The molecule has 1 heterocycles. The van der Waals surface area contributed by atoms with Crippen molar-refractivity contribution in [1.29, 1.82) is 0 Å². The first-order chi connectivity index (χ1) is 13.5. The number of phenolic OH excluding ortho intramolecular Hbond substituents is 1. The van der Waals surface area contributed by atoms with Crippen LogP contribution in [0.1, 0.15) is 36.0 Å². The van der Waals surface area contributed by atoms with Gasteiger partial charge in [0.25, 0.3) is 0 Å². The van der Waals surface area contributed by atoms with Gasteiger partial charge in [-0.2, -0.15) is 0 Å². The molecule has 0 radical (unpaired) electrons. The summed E-state index contributed by atoms with van der Waals surface area (Å²) in [5.41, 5.74) is 8.65.